The van der Waals surface area contributed by atoms with E-state index in [4.69, 9.17) is 20.8 Å². The van der Waals surface area contributed by atoms with Gasteiger partial charge >= 0.3 is 5.97 Å². The molecule has 0 aromatic carbocycles. The molecule has 2 heterocycles. The molecule has 8 heteroatoms. The van der Waals surface area contributed by atoms with Gasteiger partial charge in [0.2, 0.25) is 0 Å². The van der Waals surface area contributed by atoms with Crippen LogP contribution in [0.15, 0.2) is 45.6 Å². The van der Waals surface area contributed by atoms with Crippen LogP contribution in [0.5, 0.6) is 0 Å². The first-order chi connectivity index (χ1) is 10.5. The van der Waals surface area contributed by atoms with Gasteiger partial charge in [-0.2, -0.15) is 0 Å². The first-order valence-electron chi connectivity index (χ1n) is 6.04. The number of hydrogen-bond donors (Lipinski definition) is 1. The van der Waals surface area contributed by atoms with Gasteiger partial charge in [-0.25, -0.2) is 9.78 Å². The van der Waals surface area contributed by atoms with Crippen molar-refractivity contribution in [1.82, 2.24) is 4.98 Å². The quantitative estimate of drug-likeness (QED) is 0.631. The maximum Gasteiger partial charge on any atom is 0.331 e. The molecule has 22 heavy (non-hydrogen) atoms. The first kappa shape index (κ1) is 16.3. The minimum Gasteiger partial charge on any atom is -0.452 e. The molecule has 114 valence electrons. The second-order valence-corrected chi connectivity index (χ2v) is 5.21. The zero-order valence-electron chi connectivity index (χ0n) is 11.1. The van der Waals surface area contributed by atoms with E-state index in [1.807, 2.05) is 0 Å². The van der Waals surface area contributed by atoms with Crippen molar-refractivity contribution in [3.05, 3.63) is 52.0 Å². The Morgan fingerprint density at radius 3 is 2.82 bits per heavy atom. The molecule has 2 aromatic rings. The van der Waals surface area contributed by atoms with Crippen molar-refractivity contribution >= 4 is 51.3 Å². The molecule has 1 amide bonds. The van der Waals surface area contributed by atoms with Crippen LogP contribution in [0.2, 0.25) is 5.02 Å². The molecule has 1 N–H and O–H groups in total. The minimum absolute atomic E-state index is 0.321. The molecule has 6 nitrogen and oxygen atoms in total. The fourth-order valence-electron chi connectivity index (χ4n) is 1.38. The highest BCUT2D eigenvalue weighted by Gasteiger charge is 2.06. The number of anilines is 1. The lowest BCUT2D eigenvalue weighted by Crippen LogP contribution is -2.20. The zero-order chi connectivity index (χ0) is 15.9. The Bertz CT molecular complexity index is 697. The van der Waals surface area contributed by atoms with Gasteiger partial charge in [0.25, 0.3) is 5.91 Å². The molecule has 0 radical (unpaired) electrons. The SMILES string of the molecule is O=C(COC(=O)C=Cc1ccc(Br)o1)Nc1ccc(Cl)cn1. The second-order valence-electron chi connectivity index (χ2n) is 3.99. The van der Waals surface area contributed by atoms with Crippen LogP contribution in [-0.4, -0.2) is 23.5 Å². The molecule has 0 aliphatic rings. The van der Waals surface area contributed by atoms with Crippen LogP contribution >= 0.6 is 27.5 Å². The molecule has 2 rings (SSSR count). The van der Waals surface area contributed by atoms with E-state index in [-0.39, 0.29) is 0 Å². The highest BCUT2D eigenvalue weighted by molar-refractivity contribution is 9.10. The van der Waals surface area contributed by atoms with E-state index in [2.05, 4.69) is 26.2 Å². The molecule has 0 saturated heterocycles. The predicted octanol–water partition coefficient (Wildman–Crippen LogP) is 3.29. The molecule has 0 unspecified atom stereocenters. The average molecular weight is 386 g/mol. The van der Waals surface area contributed by atoms with Gasteiger partial charge in [-0.3, -0.25) is 4.79 Å². The van der Waals surface area contributed by atoms with Gasteiger partial charge in [0.1, 0.15) is 11.6 Å². The number of halogens is 2. The standard InChI is InChI=1S/C14H10BrClN2O4/c15-11-4-2-10(22-11)3-6-14(20)21-8-13(19)18-12-5-1-9(16)7-17-12/h1-7H,8H2,(H,17,18,19). The monoisotopic (exact) mass is 384 g/mol. The van der Waals surface area contributed by atoms with Gasteiger partial charge in [-0.05, 0) is 46.3 Å². The summed E-state index contributed by atoms with van der Waals surface area (Å²) < 4.78 is 10.5. The van der Waals surface area contributed by atoms with Crippen molar-refractivity contribution in [3.8, 4) is 0 Å². The van der Waals surface area contributed by atoms with Crippen molar-refractivity contribution in [3.63, 3.8) is 0 Å². The van der Waals surface area contributed by atoms with Gasteiger partial charge in [0.05, 0.1) is 5.02 Å². The Morgan fingerprint density at radius 2 is 2.18 bits per heavy atom. The molecule has 0 aliphatic heterocycles. The summed E-state index contributed by atoms with van der Waals surface area (Å²) in [5.41, 5.74) is 0. The fourth-order valence-corrected chi connectivity index (χ4v) is 1.81. The van der Waals surface area contributed by atoms with Crippen LogP contribution in [0.1, 0.15) is 5.76 Å². The van der Waals surface area contributed by atoms with Gasteiger partial charge in [-0.15, -0.1) is 0 Å². The van der Waals surface area contributed by atoms with Crippen LogP contribution in [0, 0.1) is 0 Å². The van der Waals surface area contributed by atoms with Crippen LogP contribution in [0.25, 0.3) is 6.08 Å². The van der Waals surface area contributed by atoms with E-state index in [0.29, 0.717) is 21.3 Å². The summed E-state index contributed by atoms with van der Waals surface area (Å²) >= 11 is 8.82. The number of hydrogen-bond acceptors (Lipinski definition) is 5. The van der Waals surface area contributed by atoms with Crippen molar-refractivity contribution in [2.24, 2.45) is 0 Å². The van der Waals surface area contributed by atoms with E-state index in [9.17, 15) is 9.59 Å². The molecule has 0 fully saturated rings. The van der Waals surface area contributed by atoms with Crippen molar-refractivity contribution in [1.29, 1.82) is 0 Å². The van der Waals surface area contributed by atoms with Crippen LogP contribution < -0.4 is 5.32 Å². The number of rotatable bonds is 5. The van der Waals surface area contributed by atoms with E-state index >= 15 is 0 Å². The summed E-state index contributed by atoms with van der Waals surface area (Å²) in [7, 11) is 0. The van der Waals surface area contributed by atoms with E-state index in [0.717, 1.165) is 0 Å². The largest absolute Gasteiger partial charge is 0.452 e. The van der Waals surface area contributed by atoms with E-state index in [1.54, 1.807) is 18.2 Å². The number of carbonyl (C=O) groups is 2. The van der Waals surface area contributed by atoms with E-state index in [1.165, 1.54) is 24.4 Å². The Morgan fingerprint density at radius 1 is 1.36 bits per heavy atom. The third-order valence-corrected chi connectivity index (χ3v) is 2.97. The van der Waals surface area contributed by atoms with Crippen molar-refractivity contribution < 1.29 is 18.7 Å². The maximum absolute atomic E-state index is 11.6. The number of nitrogens with one attached hydrogen (secondary N) is 1. The Hall–Kier alpha value is -2.12. The molecule has 0 atom stereocenters. The van der Waals surface area contributed by atoms with Gasteiger partial charge < -0.3 is 14.5 Å². The zero-order valence-corrected chi connectivity index (χ0v) is 13.4. The Balaban J connectivity index is 1.77. The molecule has 0 bridgehead atoms. The van der Waals surface area contributed by atoms with E-state index < -0.39 is 18.5 Å². The van der Waals surface area contributed by atoms with Gasteiger partial charge in [-0.1, -0.05) is 11.6 Å². The highest BCUT2D eigenvalue weighted by Crippen LogP contribution is 2.15. The second kappa shape index (κ2) is 7.77. The van der Waals surface area contributed by atoms with Crippen LogP contribution in [0.3, 0.4) is 0 Å². The topological polar surface area (TPSA) is 81.4 Å². The molecule has 0 spiro atoms. The number of esters is 1. The number of ether oxygens (including phenoxy) is 1. The summed E-state index contributed by atoms with van der Waals surface area (Å²) in [6.45, 7) is -0.421. The lowest BCUT2D eigenvalue weighted by atomic mass is 10.4. The van der Waals surface area contributed by atoms with Crippen LogP contribution in [0.4, 0.5) is 5.82 Å². The molecular formula is C14H10BrClN2O4. The summed E-state index contributed by atoms with van der Waals surface area (Å²) in [5.74, 6) is -0.357. The highest BCUT2D eigenvalue weighted by atomic mass is 79.9. The number of pyridine rings is 1. The van der Waals surface area contributed by atoms with Gasteiger partial charge in [0, 0.05) is 12.3 Å². The van der Waals surface area contributed by atoms with Crippen molar-refractivity contribution in [2.45, 2.75) is 0 Å². The predicted molar refractivity (Wildman–Crippen MR) is 84.3 cm³/mol. The number of nitrogens with zero attached hydrogens (tertiary/aromatic N) is 1. The third-order valence-electron chi connectivity index (χ3n) is 2.32. The molecular weight excluding hydrogens is 376 g/mol. The smallest absolute Gasteiger partial charge is 0.331 e. The number of amides is 1. The molecule has 0 aliphatic carbocycles. The lowest BCUT2D eigenvalue weighted by molar-refractivity contribution is -0.142. The van der Waals surface area contributed by atoms with Crippen molar-refractivity contribution in [2.75, 3.05) is 11.9 Å². The fraction of sp³-hybridized carbons (Fsp3) is 0.0714. The number of furan rings is 1. The third kappa shape index (κ3) is 5.34. The molecule has 0 saturated carbocycles. The molecule has 2 aromatic heterocycles. The van der Waals surface area contributed by atoms with Gasteiger partial charge in [0.15, 0.2) is 11.3 Å². The summed E-state index contributed by atoms with van der Waals surface area (Å²) in [4.78, 5) is 26.9. The maximum atomic E-state index is 11.6. The Kier molecular flexibility index (Phi) is 5.74. The van der Waals surface area contributed by atoms with Crippen LogP contribution in [-0.2, 0) is 14.3 Å². The summed E-state index contributed by atoms with van der Waals surface area (Å²) in [5, 5.41) is 2.92. The average Bonchev–Trinajstić information content (AvgIpc) is 2.91. The summed E-state index contributed by atoms with van der Waals surface area (Å²) in [6, 6.07) is 6.49. The normalized spacial score (nSPS) is 10.6. The summed E-state index contributed by atoms with van der Waals surface area (Å²) in [6.07, 6.45) is 4.00. The minimum atomic E-state index is -0.660. The first-order valence-corrected chi connectivity index (χ1v) is 7.21. The number of aromatic nitrogens is 1. The lowest BCUT2D eigenvalue weighted by Gasteiger charge is -2.04. The Labute approximate surface area is 139 Å². The number of carbonyl (C=O) groups excluding carboxylic acids is 2.